The van der Waals surface area contributed by atoms with Crippen LogP contribution in [0.4, 0.5) is 5.82 Å². The number of nitrogens with one attached hydrogen (secondary N) is 2. The molecule has 1 fully saturated rings. The van der Waals surface area contributed by atoms with Crippen LogP contribution in [-0.2, 0) is 0 Å². The fourth-order valence-corrected chi connectivity index (χ4v) is 1.54. The third kappa shape index (κ3) is 3.20. The largest absolute Gasteiger partial charge is 0.394 e. The van der Waals surface area contributed by atoms with E-state index in [1.807, 2.05) is 0 Å². The van der Waals surface area contributed by atoms with Crippen molar-refractivity contribution in [3.05, 3.63) is 23.9 Å². The normalized spacial score (nSPS) is 15.3. The van der Waals surface area contributed by atoms with Gasteiger partial charge in [-0.2, -0.15) is 0 Å². The number of carbonyl (C=O) groups is 1. The van der Waals surface area contributed by atoms with Crippen molar-refractivity contribution in [3.8, 4) is 0 Å². The van der Waals surface area contributed by atoms with Gasteiger partial charge in [-0.1, -0.05) is 0 Å². The lowest BCUT2D eigenvalue weighted by atomic mass is 10.1. The first-order valence-corrected chi connectivity index (χ1v) is 6.17. The number of aliphatic hydroxyl groups excluding tert-OH is 1. The van der Waals surface area contributed by atoms with Crippen LogP contribution in [-0.4, -0.2) is 34.2 Å². The molecule has 2 rings (SSSR count). The molecular formula is C13H19N3O2. The quantitative estimate of drug-likeness (QED) is 0.732. The first kappa shape index (κ1) is 12.8. The van der Waals surface area contributed by atoms with Gasteiger partial charge in [0.05, 0.1) is 17.7 Å². The van der Waals surface area contributed by atoms with E-state index in [1.54, 1.807) is 32.2 Å². The molecule has 5 heteroatoms. The van der Waals surface area contributed by atoms with Gasteiger partial charge >= 0.3 is 0 Å². The molecule has 1 aromatic rings. The Bertz CT molecular complexity index is 442. The summed E-state index contributed by atoms with van der Waals surface area (Å²) in [5.74, 6) is 0.400. The van der Waals surface area contributed by atoms with Crippen molar-refractivity contribution in [2.24, 2.45) is 0 Å². The van der Waals surface area contributed by atoms with E-state index in [2.05, 4.69) is 15.6 Å². The Hall–Kier alpha value is -1.62. The second-order valence-corrected chi connectivity index (χ2v) is 5.31. The molecule has 0 bridgehead atoms. The lowest BCUT2D eigenvalue weighted by Gasteiger charge is -2.24. The molecule has 0 aliphatic heterocycles. The highest BCUT2D eigenvalue weighted by molar-refractivity contribution is 5.99. The first-order chi connectivity index (χ1) is 8.52. The number of nitrogens with zero attached hydrogens (tertiary/aromatic N) is 1. The summed E-state index contributed by atoms with van der Waals surface area (Å²) in [4.78, 5) is 16.3. The van der Waals surface area contributed by atoms with Gasteiger partial charge in [-0.15, -0.1) is 0 Å². The lowest BCUT2D eigenvalue weighted by molar-refractivity contribution is 0.0870. The van der Waals surface area contributed by atoms with Gasteiger partial charge in [0.15, 0.2) is 0 Å². The van der Waals surface area contributed by atoms with Gasteiger partial charge in [-0.25, -0.2) is 4.98 Å². The average molecular weight is 249 g/mol. The van der Waals surface area contributed by atoms with E-state index < -0.39 is 5.54 Å². The molecule has 5 nitrogen and oxygen atoms in total. The molecule has 1 saturated carbocycles. The molecular weight excluding hydrogens is 230 g/mol. The summed E-state index contributed by atoms with van der Waals surface area (Å²) in [6.45, 7) is 3.44. The Morgan fingerprint density at radius 3 is 2.89 bits per heavy atom. The van der Waals surface area contributed by atoms with Gasteiger partial charge in [0.1, 0.15) is 5.82 Å². The molecule has 0 atom stereocenters. The zero-order valence-electron chi connectivity index (χ0n) is 10.7. The zero-order chi connectivity index (χ0) is 13.2. The van der Waals surface area contributed by atoms with Gasteiger partial charge in [-0.05, 0) is 38.8 Å². The molecule has 1 heterocycles. The maximum Gasteiger partial charge on any atom is 0.255 e. The van der Waals surface area contributed by atoms with Crippen molar-refractivity contribution in [1.82, 2.24) is 10.3 Å². The molecule has 18 heavy (non-hydrogen) atoms. The van der Waals surface area contributed by atoms with E-state index in [9.17, 15) is 4.79 Å². The Balaban J connectivity index is 2.13. The fraction of sp³-hybridized carbons (Fsp3) is 0.538. The first-order valence-electron chi connectivity index (χ1n) is 6.17. The molecule has 0 aromatic carbocycles. The van der Waals surface area contributed by atoms with Crippen LogP contribution in [0.3, 0.4) is 0 Å². The van der Waals surface area contributed by atoms with Crippen LogP contribution in [0.15, 0.2) is 18.3 Å². The Labute approximate surface area is 107 Å². The second-order valence-electron chi connectivity index (χ2n) is 5.31. The van der Waals surface area contributed by atoms with E-state index in [0.717, 1.165) is 12.8 Å². The summed E-state index contributed by atoms with van der Waals surface area (Å²) in [5.41, 5.74) is -0.116. The third-order valence-corrected chi connectivity index (χ3v) is 2.82. The van der Waals surface area contributed by atoms with Gasteiger partial charge in [0.25, 0.3) is 5.91 Å². The van der Waals surface area contributed by atoms with Crippen LogP contribution in [0, 0.1) is 0 Å². The molecule has 98 valence electrons. The van der Waals surface area contributed by atoms with Crippen molar-refractivity contribution in [2.75, 3.05) is 11.9 Å². The molecule has 1 aliphatic carbocycles. The van der Waals surface area contributed by atoms with Crippen LogP contribution >= 0.6 is 0 Å². The van der Waals surface area contributed by atoms with Crippen LogP contribution in [0.1, 0.15) is 37.0 Å². The molecule has 0 unspecified atom stereocenters. The topological polar surface area (TPSA) is 74.2 Å². The molecule has 1 aliphatic rings. The van der Waals surface area contributed by atoms with Crippen molar-refractivity contribution in [3.63, 3.8) is 0 Å². The monoisotopic (exact) mass is 249 g/mol. The van der Waals surface area contributed by atoms with Gasteiger partial charge in [0.2, 0.25) is 0 Å². The fourth-order valence-electron chi connectivity index (χ4n) is 1.54. The predicted octanol–water partition coefficient (Wildman–Crippen LogP) is 1.16. The standard InChI is InChI=1S/C13H19N3O2/c1-13(2,8-17)16-12(18)10-4-3-7-14-11(10)15-9-5-6-9/h3-4,7,9,17H,5-6,8H2,1-2H3,(H,14,15)(H,16,18). The minimum Gasteiger partial charge on any atom is -0.394 e. The lowest BCUT2D eigenvalue weighted by Crippen LogP contribution is -2.46. The summed E-state index contributed by atoms with van der Waals surface area (Å²) >= 11 is 0. The zero-order valence-corrected chi connectivity index (χ0v) is 10.7. The van der Waals surface area contributed by atoms with Crippen molar-refractivity contribution < 1.29 is 9.90 Å². The highest BCUT2D eigenvalue weighted by Crippen LogP contribution is 2.25. The van der Waals surface area contributed by atoms with Gasteiger partial charge in [0, 0.05) is 12.2 Å². The number of hydrogen-bond acceptors (Lipinski definition) is 4. The number of aromatic nitrogens is 1. The highest BCUT2D eigenvalue weighted by atomic mass is 16.3. The summed E-state index contributed by atoms with van der Waals surface area (Å²) in [5, 5.41) is 15.2. The van der Waals surface area contributed by atoms with E-state index in [4.69, 9.17) is 5.11 Å². The van der Waals surface area contributed by atoms with Crippen LogP contribution in [0.25, 0.3) is 0 Å². The van der Waals surface area contributed by atoms with Crippen LogP contribution in [0.5, 0.6) is 0 Å². The molecule has 3 N–H and O–H groups in total. The molecule has 0 radical (unpaired) electrons. The van der Waals surface area contributed by atoms with Crippen LogP contribution in [0.2, 0.25) is 0 Å². The maximum atomic E-state index is 12.1. The number of aliphatic hydroxyl groups is 1. The highest BCUT2D eigenvalue weighted by Gasteiger charge is 2.26. The summed E-state index contributed by atoms with van der Waals surface area (Å²) in [6, 6.07) is 3.91. The summed E-state index contributed by atoms with van der Waals surface area (Å²) in [6.07, 6.45) is 3.91. The van der Waals surface area contributed by atoms with Gasteiger partial charge in [-0.3, -0.25) is 4.79 Å². The number of amides is 1. The van der Waals surface area contributed by atoms with E-state index >= 15 is 0 Å². The number of hydrogen-bond donors (Lipinski definition) is 3. The Kier molecular flexibility index (Phi) is 3.52. The number of pyridine rings is 1. The minimum atomic E-state index is -0.635. The second kappa shape index (κ2) is 4.94. The SMILES string of the molecule is CC(C)(CO)NC(=O)c1cccnc1NC1CC1. The summed E-state index contributed by atoms with van der Waals surface area (Å²) in [7, 11) is 0. The van der Waals surface area contributed by atoms with Gasteiger partial charge < -0.3 is 15.7 Å². The Morgan fingerprint density at radius 2 is 2.28 bits per heavy atom. The van der Waals surface area contributed by atoms with Crippen LogP contribution < -0.4 is 10.6 Å². The number of carbonyl (C=O) groups excluding carboxylic acids is 1. The average Bonchev–Trinajstić information content (AvgIpc) is 3.13. The van der Waals surface area contributed by atoms with Crippen molar-refractivity contribution in [2.45, 2.75) is 38.3 Å². The van der Waals surface area contributed by atoms with Crippen molar-refractivity contribution >= 4 is 11.7 Å². The smallest absolute Gasteiger partial charge is 0.255 e. The number of anilines is 1. The summed E-state index contributed by atoms with van der Waals surface area (Å²) < 4.78 is 0. The third-order valence-electron chi connectivity index (χ3n) is 2.82. The minimum absolute atomic E-state index is 0.107. The molecule has 1 amide bonds. The molecule has 0 spiro atoms. The molecule has 1 aromatic heterocycles. The van der Waals surface area contributed by atoms with E-state index in [-0.39, 0.29) is 12.5 Å². The molecule has 0 saturated heterocycles. The number of rotatable bonds is 5. The van der Waals surface area contributed by atoms with Crippen molar-refractivity contribution in [1.29, 1.82) is 0 Å². The van der Waals surface area contributed by atoms with E-state index in [1.165, 1.54) is 0 Å². The predicted molar refractivity (Wildman–Crippen MR) is 69.5 cm³/mol. The maximum absolute atomic E-state index is 12.1. The Morgan fingerprint density at radius 1 is 1.56 bits per heavy atom. The van der Waals surface area contributed by atoms with E-state index in [0.29, 0.717) is 17.4 Å².